The second-order valence-electron chi connectivity index (χ2n) is 7.99. The van der Waals surface area contributed by atoms with Crippen molar-refractivity contribution >= 4 is 40.7 Å². The van der Waals surface area contributed by atoms with Gasteiger partial charge >= 0.3 is 6.03 Å². The third-order valence-corrected chi connectivity index (χ3v) is 6.18. The summed E-state index contributed by atoms with van der Waals surface area (Å²) in [6.07, 6.45) is 0.699. The molecule has 0 aliphatic carbocycles. The van der Waals surface area contributed by atoms with Crippen molar-refractivity contribution in [3.05, 3.63) is 81.0 Å². The molecule has 6 nitrogen and oxygen atoms in total. The normalized spacial score (nSPS) is 13.8. The van der Waals surface area contributed by atoms with E-state index in [1.165, 1.54) is 18.2 Å². The van der Waals surface area contributed by atoms with E-state index in [4.69, 9.17) is 28.2 Å². The first-order valence-electron chi connectivity index (χ1n) is 10.6. The molecule has 1 aliphatic rings. The minimum Gasteiger partial charge on any atom is -0.353 e. The van der Waals surface area contributed by atoms with Crippen LogP contribution in [0.5, 0.6) is 0 Å². The quantitative estimate of drug-likeness (QED) is 0.528. The average Bonchev–Trinajstić information content (AvgIpc) is 2.79. The van der Waals surface area contributed by atoms with E-state index >= 15 is 0 Å². The molecule has 0 atom stereocenters. The van der Waals surface area contributed by atoms with Crippen molar-refractivity contribution in [1.29, 1.82) is 0 Å². The molecular weight excluding hydrogens is 464 g/mol. The Morgan fingerprint density at radius 1 is 1.03 bits per heavy atom. The molecule has 1 N–H and O–H groups in total. The number of hydrogen-bond donors (Lipinski definition) is 1. The summed E-state index contributed by atoms with van der Waals surface area (Å²) in [7, 11) is 0. The molecule has 2 heterocycles. The molecule has 1 aliphatic heterocycles. The Hall–Kier alpha value is -2.90. The first-order chi connectivity index (χ1) is 15.8. The zero-order valence-electron chi connectivity index (χ0n) is 18.4. The summed E-state index contributed by atoms with van der Waals surface area (Å²) in [6.45, 7) is 6.23. The van der Waals surface area contributed by atoms with Gasteiger partial charge in [0.1, 0.15) is 17.5 Å². The molecule has 3 aromatic rings. The lowest BCUT2D eigenvalue weighted by Crippen LogP contribution is -2.50. The van der Waals surface area contributed by atoms with Gasteiger partial charge < -0.3 is 15.1 Å². The fourth-order valence-electron chi connectivity index (χ4n) is 3.89. The number of urea groups is 1. The molecule has 1 fully saturated rings. The number of halogens is 3. The summed E-state index contributed by atoms with van der Waals surface area (Å²) in [6, 6.07) is 11.7. The predicted molar refractivity (Wildman–Crippen MR) is 130 cm³/mol. The standard InChI is InChI=1S/C24H24Cl2FN5O/c1-15-20(13-17-3-5-18(25)6-4-17)23(29-16(2)28-15)31-9-11-32(12-10-31)24(33)30-19-7-8-22(27)21(26)14-19/h3-8,14H,9-13H2,1-2H3,(H,30,33). The van der Waals surface area contributed by atoms with Gasteiger partial charge in [-0.3, -0.25) is 0 Å². The van der Waals surface area contributed by atoms with Gasteiger partial charge in [0.2, 0.25) is 0 Å². The molecule has 33 heavy (non-hydrogen) atoms. The highest BCUT2D eigenvalue weighted by atomic mass is 35.5. The van der Waals surface area contributed by atoms with Crippen LogP contribution in [-0.2, 0) is 6.42 Å². The van der Waals surface area contributed by atoms with Gasteiger partial charge in [-0.1, -0.05) is 35.3 Å². The van der Waals surface area contributed by atoms with E-state index < -0.39 is 5.82 Å². The third-order valence-electron chi connectivity index (χ3n) is 5.64. The third kappa shape index (κ3) is 5.54. The molecule has 1 saturated heterocycles. The lowest BCUT2D eigenvalue weighted by molar-refractivity contribution is 0.208. The van der Waals surface area contributed by atoms with Crippen molar-refractivity contribution < 1.29 is 9.18 Å². The van der Waals surface area contributed by atoms with Crippen molar-refractivity contribution in [3.8, 4) is 0 Å². The van der Waals surface area contributed by atoms with E-state index in [1.807, 2.05) is 38.1 Å². The highest BCUT2D eigenvalue weighted by Crippen LogP contribution is 2.26. The monoisotopic (exact) mass is 487 g/mol. The molecule has 0 bridgehead atoms. The van der Waals surface area contributed by atoms with Gasteiger partial charge in [0.05, 0.1) is 5.02 Å². The minimum absolute atomic E-state index is 0.0275. The number of amides is 2. The molecule has 9 heteroatoms. The van der Waals surface area contributed by atoms with Crippen LogP contribution >= 0.6 is 23.2 Å². The number of aromatic nitrogens is 2. The van der Waals surface area contributed by atoms with Crippen molar-refractivity contribution in [3.63, 3.8) is 0 Å². The number of nitrogens with zero attached hydrogens (tertiary/aromatic N) is 4. The Kier molecular flexibility index (Phi) is 7.00. The van der Waals surface area contributed by atoms with Gasteiger partial charge in [-0.25, -0.2) is 19.2 Å². The van der Waals surface area contributed by atoms with Gasteiger partial charge in [-0.15, -0.1) is 0 Å². The van der Waals surface area contributed by atoms with Crippen LogP contribution in [0.3, 0.4) is 0 Å². The van der Waals surface area contributed by atoms with E-state index in [1.54, 1.807) is 4.90 Å². The predicted octanol–water partition coefficient (Wildman–Crippen LogP) is 5.48. The van der Waals surface area contributed by atoms with Crippen LogP contribution in [0.1, 0.15) is 22.6 Å². The lowest BCUT2D eigenvalue weighted by Gasteiger charge is -2.36. The number of nitrogens with one attached hydrogen (secondary N) is 1. The van der Waals surface area contributed by atoms with Crippen LogP contribution in [0.25, 0.3) is 0 Å². The Morgan fingerprint density at radius 2 is 1.73 bits per heavy atom. The summed E-state index contributed by atoms with van der Waals surface area (Å²) in [5, 5.41) is 3.46. The van der Waals surface area contributed by atoms with Crippen LogP contribution in [0.2, 0.25) is 10.0 Å². The largest absolute Gasteiger partial charge is 0.353 e. The van der Waals surface area contributed by atoms with Crippen LogP contribution in [0.15, 0.2) is 42.5 Å². The maximum Gasteiger partial charge on any atom is 0.321 e. The van der Waals surface area contributed by atoms with Gasteiger partial charge in [-0.2, -0.15) is 0 Å². The lowest BCUT2D eigenvalue weighted by atomic mass is 10.0. The molecule has 0 saturated carbocycles. The van der Waals surface area contributed by atoms with Gasteiger partial charge in [0, 0.05) is 54.6 Å². The van der Waals surface area contributed by atoms with Gasteiger partial charge in [0.15, 0.2) is 0 Å². The molecule has 2 aromatic carbocycles. The highest BCUT2D eigenvalue weighted by molar-refractivity contribution is 6.31. The molecule has 172 valence electrons. The fourth-order valence-corrected chi connectivity index (χ4v) is 4.20. The molecule has 0 radical (unpaired) electrons. The molecule has 1 aromatic heterocycles. The summed E-state index contributed by atoms with van der Waals surface area (Å²) in [5.74, 6) is 1.10. The first kappa shape index (κ1) is 23.3. The van der Waals surface area contributed by atoms with Gasteiger partial charge in [-0.05, 0) is 49.7 Å². The molecule has 0 spiro atoms. The van der Waals surface area contributed by atoms with Crippen LogP contribution in [0, 0.1) is 19.7 Å². The number of aryl methyl sites for hydroxylation is 2. The van der Waals surface area contributed by atoms with Crippen LogP contribution in [-0.4, -0.2) is 47.1 Å². The van der Waals surface area contributed by atoms with E-state index in [9.17, 15) is 9.18 Å². The topological polar surface area (TPSA) is 61.4 Å². The maximum atomic E-state index is 13.4. The molecule has 4 rings (SSSR count). The number of piperazine rings is 1. The van der Waals surface area contributed by atoms with Crippen molar-refractivity contribution in [1.82, 2.24) is 14.9 Å². The Bertz CT molecular complexity index is 1160. The maximum absolute atomic E-state index is 13.4. The summed E-state index contributed by atoms with van der Waals surface area (Å²) < 4.78 is 13.4. The Balaban J connectivity index is 1.46. The first-order valence-corrected chi connectivity index (χ1v) is 11.4. The second-order valence-corrected chi connectivity index (χ2v) is 8.84. The zero-order chi connectivity index (χ0) is 23.5. The van der Waals surface area contributed by atoms with E-state index in [0.717, 1.165) is 28.5 Å². The number of hydrogen-bond acceptors (Lipinski definition) is 4. The summed E-state index contributed by atoms with van der Waals surface area (Å²) in [5.41, 5.74) is 3.61. The van der Waals surface area contributed by atoms with Gasteiger partial charge in [0.25, 0.3) is 0 Å². The van der Waals surface area contributed by atoms with E-state index in [-0.39, 0.29) is 11.1 Å². The number of carbonyl (C=O) groups is 1. The number of anilines is 2. The summed E-state index contributed by atoms with van der Waals surface area (Å²) >= 11 is 11.8. The van der Waals surface area contributed by atoms with Crippen molar-refractivity contribution in [2.75, 3.05) is 36.4 Å². The number of benzene rings is 2. The van der Waals surface area contributed by atoms with E-state index in [0.29, 0.717) is 43.3 Å². The fraction of sp³-hybridized carbons (Fsp3) is 0.292. The SMILES string of the molecule is Cc1nc(C)c(Cc2ccc(Cl)cc2)c(N2CCN(C(=O)Nc3ccc(F)c(Cl)c3)CC2)n1. The minimum atomic E-state index is -0.520. The highest BCUT2D eigenvalue weighted by Gasteiger charge is 2.25. The van der Waals surface area contributed by atoms with E-state index in [2.05, 4.69) is 15.2 Å². The van der Waals surface area contributed by atoms with Crippen molar-refractivity contribution in [2.24, 2.45) is 0 Å². The van der Waals surface area contributed by atoms with Crippen LogP contribution in [0.4, 0.5) is 20.7 Å². The zero-order valence-corrected chi connectivity index (χ0v) is 19.9. The number of rotatable bonds is 4. The van der Waals surface area contributed by atoms with Crippen molar-refractivity contribution in [2.45, 2.75) is 20.3 Å². The van der Waals surface area contributed by atoms with Crippen LogP contribution < -0.4 is 10.2 Å². The second kappa shape index (κ2) is 9.93. The Morgan fingerprint density at radius 3 is 2.39 bits per heavy atom. The average molecular weight is 488 g/mol. The summed E-state index contributed by atoms with van der Waals surface area (Å²) in [4.78, 5) is 25.9. The molecule has 2 amide bonds. The Labute approximate surface area is 202 Å². The number of carbonyl (C=O) groups excluding carboxylic acids is 1. The molecular formula is C24H24Cl2FN5O. The smallest absolute Gasteiger partial charge is 0.321 e. The molecule has 0 unspecified atom stereocenters.